The smallest absolute Gasteiger partial charge is 0.405 e. The van der Waals surface area contributed by atoms with Gasteiger partial charge in [-0.2, -0.15) is 0 Å². The zero-order valence-electron chi connectivity index (χ0n) is 22.8. The van der Waals surface area contributed by atoms with Gasteiger partial charge in [0.1, 0.15) is 12.1 Å². The van der Waals surface area contributed by atoms with Gasteiger partial charge in [-0.3, -0.25) is 9.59 Å². The summed E-state index contributed by atoms with van der Waals surface area (Å²) in [6.45, 7) is -0.304. The standard InChI is InChI=1S/C26H36N6O10/c1-2-16-11-17(7-3-5-9-27-21(33)19(31-25(39)40)14-29-23(35)36)13-18(12-16)8-4-6-10-28-22(34)20(32-26(41)42)15-30-24(37)38/h1,11-13,19-20,29-32H,3-10,14-15H2,(H,27,33)(H,28,34)(H,35,36)(H,37,38)(H,39,40)(H,41,42). The molecule has 230 valence electrons. The molecule has 0 aliphatic carbocycles. The fourth-order valence-electron chi connectivity index (χ4n) is 3.81. The fraction of sp³-hybridized carbons (Fsp3) is 0.462. The molecule has 16 heteroatoms. The van der Waals surface area contributed by atoms with Crippen molar-refractivity contribution in [2.24, 2.45) is 0 Å². The maximum atomic E-state index is 12.2. The Labute approximate surface area is 241 Å². The third-order valence-electron chi connectivity index (χ3n) is 5.75. The molecule has 6 amide bonds. The van der Waals surface area contributed by atoms with E-state index in [0.717, 1.165) is 11.1 Å². The molecule has 0 aliphatic heterocycles. The van der Waals surface area contributed by atoms with E-state index >= 15 is 0 Å². The Kier molecular flexibility index (Phi) is 15.7. The van der Waals surface area contributed by atoms with E-state index in [1.54, 1.807) is 0 Å². The average Bonchev–Trinajstić information content (AvgIpc) is 2.91. The number of benzene rings is 1. The molecule has 0 saturated heterocycles. The van der Waals surface area contributed by atoms with E-state index in [2.05, 4.69) is 16.6 Å². The Morgan fingerprint density at radius 3 is 1.36 bits per heavy atom. The zero-order valence-corrected chi connectivity index (χ0v) is 22.8. The predicted molar refractivity (Wildman–Crippen MR) is 148 cm³/mol. The lowest BCUT2D eigenvalue weighted by Crippen LogP contribution is -2.52. The van der Waals surface area contributed by atoms with Gasteiger partial charge in [-0.15, -0.1) is 6.42 Å². The van der Waals surface area contributed by atoms with E-state index in [4.69, 9.17) is 26.8 Å². The molecule has 0 fully saturated rings. The summed E-state index contributed by atoms with van der Waals surface area (Å²) in [5.74, 6) is 1.32. The van der Waals surface area contributed by atoms with Crippen LogP contribution >= 0.6 is 0 Å². The summed E-state index contributed by atoms with van der Waals surface area (Å²) in [6.07, 6.45) is 3.77. The van der Waals surface area contributed by atoms with Crippen LogP contribution in [0.15, 0.2) is 18.2 Å². The van der Waals surface area contributed by atoms with E-state index in [1.807, 2.05) is 39.5 Å². The van der Waals surface area contributed by atoms with Gasteiger partial charge in [0.05, 0.1) is 13.1 Å². The molecule has 0 bridgehead atoms. The van der Waals surface area contributed by atoms with Crippen LogP contribution in [0.25, 0.3) is 0 Å². The van der Waals surface area contributed by atoms with Crippen LogP contribution in [-0.4, -0.2) is 94.9 Å². The van der Waals surface area contributed by atoms with Crippen LogP contribution in [-0.2, 0) is 22.4 Å². The van der Waals surface area contributed by atoms with E-state index in [9.17, 15) is 28.8 Å². The molecule has 10 N–H and O–H groups in total. The van der Waals surface area contributed by atoms with Gasteiger partial charge in [0.2, 0.25) is 11.8 Å². The largest absolute Gasteiger partial charge is 0.465 e. The Bertz CT molecular complexity index is 1070. The monoisotopic (exact) mass is 592 g/mol. The van der Waals surface area contributed by atoms with Crippen molar-refractivity contribution in [1.82, 2.24) is 31.9 Å². The molecule has 42 heavy (non-hydrogen) atoms. The molecule has 16 nitrogen and oxygen atoms in total. The Balaban J connectivity index is 2.50. The predicted octanol–water partition coefficient (Wildman–Crippen LogP) is 0.353. The van der Waals surface area contributed by atoms with Crippen molar-refractivity contribution in [2.75, 3.05) is 26.2 Å². The molecule has 2 atom stereocenters. The number of terminal acetylenes is 1. The topological polar surface area (TPSA) is 256 Å². The summed E-state index contributed by atoms with van der Waals surface area (Å²) < 4.78 is 0. The van der Waals surface area contributed by atoms with Crippen LogP contribution < -0.4 is 31.9 Å². The number of unbranched alkanes of at least 4 members (excludes halogenated alkanes) is 2. The minimum atomic E-state index is -1.46. The van der Waals surface area contributed by atoms with Gasteiger partial charge in [-0.25, -0.2) is 19.2 Å². The van der Waals surface area contributed by atoms with Gasteiger partial charge in [-0.05, 0) is 61.8 Å². The maximum absolute atomic E-state index is 12.2. The van der Waals surface area contributed by atoms with Crippen LogP contribution in [0.4, 0.5) is 19.2 Å². The normalized spacial score (nSPS) is 11.6. The summed E-state index contributed by atoms with van der Waals surface area (Å²) in [5, 5.41) is 48.1. The summed E-state index contributed by atoms with van der Waals surface area (Å²) in [4.78, 5) is 67.4. The average molecular weight is 593 g/mol. The first-order valence-electron chi connectivity index (χ1n) is 13.0. The highest BCUT2D eigenvalue weighted by Gasteiger charge is 2.21. The molecule has 0 spiro atoms. The number of nitrogens with one attached hydrogen (secondary N) is 6. The van der Waals surface area contributed by atoms with Gasteiger partial charge in [0, 0.05) is 18.7 Å². The van der Waals surface area contributed by atoms with Gasteiger partial charge < -0.3 is 52.3 Å². The number of hydrogen-bond acceptors (Lipinski definition) is 6. The van der Waals surface area contributed by atoms with Crippen molar-refractivity contribution in [3.05, 3.63) is 34.9 Å². The van der Waals surface area contributed by atoms with Crippen molar-refractivity contribution in [2.45, 2.75) is 50.6 Å². The summed E-state index contributed by atoms with van der Waals surface area (Å²) in [7, 11) is 0. The molecule has 0 heterocycles. The molecule has 0 aromatic heterocycles. The quantitative estimate of drug-likeness (QED) is 0.0826. The summed E-state index contributed by atoms with van der Waals surface area (Å²) >= 11 is 0. The number of amides is 6. The van der Waals surface area contributed by atoms with Crippen LogP contribution in [0, 0.1) is 12.3 Å². The SMILES string of the molecule is C#Cc1cc(CCCCNC(=O)C(CNC(=O)O)NC(=O)O)cc(CCCCNC(=O)C(CNC(=O)O)NC(=O)O)c1. The lowest BCUT2D eigenvalue weighted by Gasteiger charge is -2.16. The molecule has 1 aromatic rings. The fourth-order valence-corrected chi connectivity index (χ4v) is 3.81. The van der Waals surface area contributed by atoms with Crippen molar-refractivity contribution in [1.29, 1.82) is 0 Å². The molecule has 1 aromatic carbocycles. The van der Waals surface area contributed by atoms with Gasteiger partial charge in [0.15, 0.2) is 0 Å². The Morgan fingerprint density at radius 1 is 0.619 bits per heavy atom. The number of carbonyl (C=O) groups excluding carboxylic acids is 2. The van der Waals surface area contributed by atoms with E-state index in [-0.39, 0.29) is 13.1 Å². The first-order chi connectivity index (χ1) is 19.9. The number of rotatable bonds is 18. The number of carbonyl (C=O) groups is 6. The molecule has 0 radical (unpaired) electrons. The van der Waals surface area contributed by atoms with Crippen molar-refractivity contribution >= 4 is 36.2 Å². The summed E-state index contributed by atoms with van der Waals surface area (Å²) in [6, 6.07) is 3.24. The van der Waals surface area contributed by atoms with E-state index in [0.29, 0.717) is 44.1 Å². The number of carboxylic acid groups (broad SMARTS) is 4. The number of aryl methyl sites for hydroxylation is 2. The maximum Gasteiger partial charge on any atom is 0.405 e. The van der Waals surface area contributed by atoms with Crippen LogP contribution in [0.1, 0.15) is 42.4 Å². The highest BCUT2D eigenvalue weighted by atomic mass is 16.4. The number of hydrogen-bond donors (Lipinski definition) is 10. The van der Waals surface area contributed by atoms with E-state index in [1.165, 1.54) is 0 Å². The lowest BCUT2D eigenvalue weighted by atomic mass is 9.98. The first kappa shape index (κ1) is 34.8. The molecular formula is C26H36N6O10. The van der Waals surface area contributed by atoms with E-state index < -0.39 is 61.4 Å². The molecular weight excluding hydrogens is 556 g/mol. The second kappa shape index (κ2) is 19.0. The zero-order chi connectivity index (χ0) is 31.5. The van der Waals surface area contributed by atoms with Gasteiger partial charge in [0.25, 0.3) is 0 Å². The minimum Gasteiger partial charge on any atom is -0.465 e. The highest BCUT2D eigenvalue weighted by Crippen LogP contribution is 2.15. The third-order valence-corrected chi connectivity index (χ3v) is 5.75. The third kappa shape index (κ3) is 15.4. The summed E-state index contributed by atoms with van der Waals surface area (Å²) in [5.41, 5.74) is 2.68. The molecule has 0 aliphatic rings. The van der Waals surface area contributed by atoms with Crippen LogP contribution in [0.5, 0.6) is 0 Å². The highest BCUT2D eigenvalue weighted by molar-refractivity contribution is 5.86. The first-order valence-corrected chi connectivity index (χ1v) is 13.0. The van der Waals surface area contributed by atoms with Crippen LogP contribution in [0.3, 0.4) is 0 Å². The van der Waals surface area contributed by atoms with Crippen molar-refractivity contribution < 1.29 is 49.2 Å². The van der Waals surface area contributed by atoms with Crippen molar-refractivity contribution in [3.8, 4) is 12.3 Å². The van der Waals surface area contributed by atoms with Gasteiger partial charge in [-0.1, -0.05) is 12.0 Å². The van der Waals surface area contributed by atoms with Crippen molar-refractivity contribution in [3.63, 3.8) is 0 Å². The molecule has 1 rings (SSSR count). The molecule has 0 saturated carbocycles. The Hall–Kier alpha value is -5.20. The van der Waals surface area contributed by atoms with Gasteiger partial charge >= 0.3 is 24.4 Å². The molecule has 2 unspecified atom stereocenters. The van der Waals surface area contributed by atoms with Crippen LogP contribution in [0.2, 0.25) is 0 Å². The second-order valence-corrected chi connectivity index (χ2v) is 9.06. The second-order valence-electron chi connectivity index (χ2n) is 9.06. The minimum absolute atomic E-state index is 0.256. The lowest BCUT2D eigenvalue weighted by molar-refractivity contribution is -0.123. The Morgan fingerprint density at radius 2 is 1.02 bits per heavy atom.